The van der Waals surface area contributed by atoms with E-state index in [1.165, 1.54) is 6.33 Å². The SMILES string of the molecule is Cn1nc(-c2cccc(Cl)c2)c2c(N)ncnc21. The van der Waals surface area contributed by atoms with Crippen molar-refractivity contribution in [2.24, 2.45) is 7.05 Å². The number of nitrogens with two attached hydrogens (primary N) is 1. The van der Waals surface area contributed by atoms with Crippen LogP contribution in [-0.2, 0) is 7.05 Å². The highest BCUT2D eigenvalue weighted by molar-refractivity contribution is 6.30. The van der Waals surface area contributed by atoms with Crippen LogP contribution in [0, 0.1) is 0 Å². The maximum atomic E-state index is 6.00. The molecular weight excluding hydrogens is 250 g/mol. The minimum absolute atomic E-state index is 0.420. The molecule has 0 saturated carbocycles. The monoisotopic (exact) mass is 259 g/mol. The molecular formula is C12H10ClN5. The van der Waals surface area contributed by atoms with E-state index in [9.17, 15) is 0 Å². The van der Waals surface area contributed by atoms with E-state index in [0.717, 1.165) is 16.6 Å². The van der Waals surface area contributed by atoms with Crippen LogP contribution in [-0.4, -0.2) is 19.7 Å². The number of anilines is 1. The van der Waals surface area contributed by atoms with E-state index in [-0.39, 0.29) is 0 Å². The minimum atomic E-state index is 0.420. The minimum Gasteiger partial charge on any atom is -0.383 e. The fourth-order valence-corrected chi connectivity index (χ4v) is 2.14. The molecule has 0 aliphatic carbocycles. The van der Waals surface area contributed by atoms with E-state index in [0.29, 0.717) is 16.5 Å². The second-order valence-corrected chi connectivity index (χ2v) is 4.38. The first-order chi connectivity index (χ1) is 8.66. The third-order valence-corrected chi connectivity index (χ3v) is 2.98. The van der Waals surface area contributed by atoms with Gasteiger partial charge in [0.25, 0.3) is 0 Å². The first kappa shape index (κ1) is 11.0. The molecule has 1 aromatic carbocycles. The third-order valence-electron chi connectivity index (χ3n) is 2.75. The van der Waals surface area contributed by atoms with Crippen molar-refractivity contribution in [1.82, 2.24) is 19.7 Å². The van der Waals surface area contributed by atoms with Crippen molar-refractivity contribution in [3.8, 4) is 11.3 Å². The fourth-order valence-electron chi connectivity index (χ4n) is 1.95. The summed E-state index contributed by atoms with van der Waals surface area (Å²) in [6.07, 6.45) is 1.43. The lowest BCUT2D eigenvalue weighted by Gasteiger charge is -1.99. The summed E-state index contributed by atoms with van der Waals surface area (Å²) < 4.78 is 1.68. The maximum absolute atomic E-state index is 6.00. The topological polar surface area (TPSA) is 69.6 Å². The molecule has 0 spiro atoms. The zero-order valence-electron chi connectivity index (χ0n) is 9.63. The van der Waals surface area contributed by atoms with Gasteiger partial charge in [-0.05, 0) is 12.1 Å². The van der Waals surface area contributed by atoms with Gasteiger partial charge >= 0.3 is 0 Å². The molecule has 18 heavy (non-hydrogen) atoms. The number of nitrogen functional groups attached to an aromatic ring is 1. The molecule has 0 unspecified atom stereocenters. The van der Waals surface area contributed by atoms with E-state index in [2.05, 4.69) is 15.1 Å². The van der Waals surface area contributed by atoms with Crippen LogP contribution in [0.15, 0.2) is 30.6 Å². The van der Waals surface area contributed by atoms with Crippen LogP contribution in [0.4, 0.5) is 5.82 Å². The van der Waals surface area contributed by atoms with Crippen LogP contribution >= 0.6 is 11.6 Å². The summed E-state index contributed by atoms with van der Waals surface area (Å²) >= 11 is 6.00. The standard InChI is InChI=1S/C12H10ClN5/c1-18-12-9(11(14)15-6-16-12)10(17-18)7-3-2-4-8(13)5-7/h2-6H,1H3,(H2,14,15,16). The van der Waals surface area contributed by atoms with E-state index < -0.39 is 0 Å². The zero-order chi connectivity index (χ0) is 12.7. The summed E-state index contributed by atoms with van der Waals surface area (Å²) in [5, 5.41) is 5.84. The molecule has 2 N–H and O–H groups in total. The Morgan fingerprint density at radius 1 is 1.28 bits per heavy atom. The Balaban J connectivity index is 2.36. The molecule has 3 aromatic rings. The zero-order valence-corrected chi connectivity index (χ0v) is 10.4. The predicted octanol–water partition coefficient (Wildman–Crippen LogP) is 2.27. The van der Waals surface area contributed by atoms with E-state index >= 15 is 0 Å². The van der Waals surface area contributed by atoms with Gasteiger partial charge in [0, 0.05) is 17.6 Å². The quantitative estimate of drug-likeness (QED) is 0.728. The molecule has 0 radical (unpaired) electrons. The summed E-state index contributed by atoms with van der Waals surface area (Å²) in [5.41, 5.74) is 8.26. The molecule has 0 atom stereocenters. The summed E-state index contributed by atoms with van der Waals surface area (Å²) in [6.45, 7) is 0. The molecule has 2 heterocycles. The maximum Gasteiger partial charge on any atom is 0.163 e. The molecule has 0 amide bonds. The molecule has 0 bridgehead atoms. The fraction of sp³-hybridized carbons (Fsp3) is 0.0833. The molecule has 5 nitrogen and oxygen atoms in total. The van der Waals surface area contributed by atoms with Crippen LogP contribution in [0.5, 0.6) is 0 Å². The summed E-state index contributed by atoms with van der Waals surface area (Å²) in [7, 11) is 1.82. The Hall–Kier alpha value is -2.14. The van der Waals surface area contributed by atoms with Gasteiger partial charge in [-0.2, -0.15) is 5.10 Å². The molecule has 0 fully saturated rings. The van der Waals surface area contributed by atoms with Crippen molar-refractivity contribution in [2.45, 2.75) is 0 Å². The van der Waals surface area contributed by atoms with Gasteiger partial charge in [-0.3, -0.25) is 0 Å². The van der Waals surface area contributed by atoms with Gasteiger partial charge in [-0.1, -0.05) is 23.7 Å². The Morgan fingerprint density at radius 2 is 2.11 bits per heavy atom. The number of benzene rings is 1. The number of nitrogens with zero attached hydrogens (tertiary/aromatic N) is 4. The number of hydrogen-bond donors (Lipinski definition) is 1. The van der Waals surface area contributed by atoms with Gasteiger partial charge < -0.3 is 5.73 Å². The van der Waals surface area contributed by atoms with Gasteiger partial charge in [0.1, 0.15) is 17.8 Å². The van der Waals surface area contributed by atoms with Gasteiger partial charge in [-0.25, -0.2) is 14.6 Å². The molecule has 90 valence electrons. The van der Waals surface area contributed by atoms with Gasteiger partial charge in [0.15, 0.2) is 5.65 Å². The Bertz CT molecular complexity index is 734. The van der Waals surface area contributed by atoms with Crippen molar-refractivity contribution in [2.75, 3.05) is 5.73 Å². The van der Waals surface area contributed by atoms with E-state index in [1.807, 2.05) is 31.3 Å². The lowest BCUT2D eigenvalue weighted by Crippen LogP contribution is -1.95. The van der Waals surface area contributed by atoms with Crippen molar-refractivity contribution >= 4 is 28.5 Å². The van der Waals surface area contributed by atoms with Crippen molar-refractivity contribution in [3.63, 3.8) is 0 Å². The Labute approximate surface area is 108 Å². The summed E-state index contributed by atoms with van der Waals surface area (Å²) in [4.78, 5) is 8.20. The lowest BCUT2D eigenvalue weighted by atomic mass is 10.1. The molecule has 2 aromatic heterocycles. The van der Waals surface area contributed by atoms with Crippen molar-refractivity contribution < 1.29 is 0 Å². The first-order valence-electron chi connectivity index (χ1n) is 5.36. The lowest BCUT2D eigenvalue weighted by molar-refractivity contribution is 0.789. The second-order valence-electron chi connectivity index (χ2n) is 3.94. The van der Waals surface area contributed by atoms with Gasteiger partial charge in [-0.15, -0.1) is 0 Å². The highest BCUT2D eigenvalue weighted by Gasteiger charge is 2.15. The summed E-state index contributed by atoms with van der Waals surface area (Å²) in [6, 6.07) is 7.46. The van der Waals surface area contributed by atoms with Crippen LogP contribution in [0.1, 0.15) is 0 Å². The average Bonchev–Trinajstić information content (AvgIpc) is 2.69. The van der Waals surface area contributed by atoms with Crippen molar-refractivity contribution in [3.05, 3.63) is 35.6 Å². The molecule has 0 aliphatic heterocycles. The highest BCUT2D eigenvalue weighted by Crippen LogP contribution is 2.30. The number of fused-ring (bicyclic) bond motifs is 1. The third kappa shape index (κ3) is 1.60. The van der Waals surface area contributed by atoms with E-state index in [4.69, 9.17) is 17.3 Å². The second kappa shape index (κ2) is 3.96. The molecule has 0 aliphatic rings. The van der Waals surface area contributed by atoms with Crippen LogP contribution < -0.4 is 5.73 Å². The van der Waals surface area contributed by atoms with Gasteiger partial charge in [0.2, 0.25) is 0 Å². The Morgan fingerprint density at radius 3 is 2.89 bits per heavy atom. The van der Waals surface area contributed by atoms with Crippen LogP contribution in [0.25, 0.3) is 22.3 Å². The first-order valence-corrected chi connectivity index (χ1v) is 5.74. The van der Waals surface area contributed by atoms with E-state index in [1.54, 1.807) is 4.68 Å². The number of hydrogen-bond acceptors (Lipinski definition) is 4. The highest BCUT2D eigenvalue weighted by atomic mass is 35.5. The molecule has 0 saturated heterocycles. The van der Waals surface area contributed by atoms with Crippen LogP contribution in [0.2, 0.25) is 5.02 Å². The molecule has 3 rings (SSSR count). The normalized spacial score (nSPS) is 11.0. The number of aromatic nitrogens is 4. The number of rotatable bonds is 1. The molecule has 6 heteroatoms. The summed E-state index contributed by atoms with van der Waals surface area (Å²) in [5.74, 6) is 0.420. The van der Waals surface area contributed by atoms with Crippen molar-refractivity contribution in [1.29, 1.82) is 0 Å². The Kier molecular flexibility index (Phi) is 2.41. The van der Waals surface area contributed by atoms with Crippen LogP contribution in [0.3, 0.4) is 0 Å². The predicted molar refractivity (Wildman–Crippen MR) is 71.2 cm³/mol. The van der Waals surface area contributed by atoms with Gasteiger partial charge in [0.05, 0.1) is 5.39 Å². The average molecular weight is 260 g/mol. The smallest absolute Gasteiger partial charge is 0.163 e. The number of aryl methyl sites for hydroxylation is 1. The number of halogens is 1. The largest absolute Gasteiger partial charge is 0.383 e.